The lowest BCUT2D eigenvalue weighted by Gasteiger charge is -2.07. The third kappa shape index (κ3) is 2.45. The fourth-order valence-corrected chi connectivity index (χ4v) is 1.67. The first-order chi connectivity index (χ1) is 8.61. The van der Waals surface area contributed by atoms with Crippen LogP contribution in [0.15, 0.2) is 24.3 Å². The van der Waals surface area contributed by atoms with Crippen molar-refractivity contribution >= 4 is 5.82 Å². The lowest BCUT2D eigenvalue weighted by Crippen LogP contribution is -2.07. The van der Waals surface area contributed by atoms with E-state index in [9.17, 15) is 8.78 Å². The second kappa shape index (κ2) is 5.08. The van der Waals surface area contributed by atoms with E-state index in [1.54, 1.807) is 32.2 Å². The van der Waals surface area contributed by atoms with E-state index in [0.717, 1.165) is 0 Å². The molecule has 5 heteroatoms. The fraction of sp³-hybridized carbons (Fsp3) is 0.231. The van der Waals surface area contributed by atoms with Crippen LogP contribution in [0.5, 0.6) is 0 Å². The van der Waals surface area contributed by atoms with Crippen molar-refractivity contribution in [2.45, 2.75) is 13.3 Å². The molecule has 0 spiro atoms. The van der Waals surface area contributed by atoms with Crippen LogP contribution in [0.1, 0.15) is 17.1 Å². The molecular formula is C13H13F2N3. The Bertz CT molecular complexity index is 570. The first-order valence-corrected chi connectivity index (χ1v) is 5.56. The predicted octanol–water partition coefficient (Wildman–Crippen LogP) is 2.70. The summed E-state index contributed by atoms with van der Waals surface area (Å²) in [5, 5.41) is 2.66. The van der Waals surface area contributed by atoms with Crippen molar-refractivity contribution in [2.24, 2.45) is 0 Å². The van der Waals surface area contributed by atoms with E-state index in [1.165, 1.54) is 6.07 Å². The monoisotopic (exact) mass is 249 g/mol. The maximum Gasteiger partial charge on any atom is 0.186 e. The molecule has 0 unspecified atom stereocenters. The van der Waals surface area contributed by atoms with E-state index in [-0.39, 0.29) is 23.7 Å². The van der Waals surface area contributed by atoms with Gasteiger partial charge in [0, 0.05) is 13.5 Å². The molecule has 0 fully saturated rings. The molecule has 0 saturated carbocycles. The molecule has 1 N–H and O–H groups in total. The van der Waals surface area contributed by atoms with E-state index in [4.69, 9.17) is 0 Å². The topological polar surface area (TPSA) is 37.8 Å². The fourth-order valence-electron chi connectivity index (χ4n) is 1.67. The molecule has 3 nitrogen and oxygen atoms in total. The van der Waals surface area contributed by atoms with E-state index >= 15 is 0 Å². The highest BCUT2D eigenvalue weighted by Crippen LogP contribution is 2.16. The Balaban J connectivity index is 2.36. The lowest BCUT2D eigenvalue weighted by molar-refractivity contribution is 0.597. The second-order valence-corrected chi connectivity index (χ2v) is 3.91. The average molecular weight is 249 g/mol. The number of nitrogens with zero attached hydrogens (tertiary/aromatic N) is 2. The van der Waals surface area contributed by atoms with Gasteiger partial charge in [-0.05, 0) is 18.6 Å². The standard InChI is InChI=1S/C13H13F2N3/c1-8-12(15)13(16-2)18-11(17-8)7-9-5-3-4-6-10(9)14/h3-6H,7H2,1-2H3,(H,16,17,18). The van der Waals surface area contributed by atoms with Crippen LogP contribution >= 0.6 is 0 Å². The predicted molar refractivity (Wildman–Crippen MR) is 65.5 cm³/mol. The van der Waals surface area contributed by atoms with Crippen molar-refractivity contribution < 1.29 is 8.78 Å². The number of benzene rings is 1. The smallest absolute Gasteiger partial charge is 0.186 e. The largest absolute Gasteiger partial charge is 0.371 e. The number of anilines is 1. The zero-order valence-corrected chi connectivity index (χ0v) is 10.2. The molecule has 2 aromatic rings. The minimum Gasteiger partial charge on any atom is -0.371 e. The summed E-state index contributed by atoms with van der Waals surface area (Å²) in [5.74, 6) is -0.263. The minimum absolute atomic E-state index is 0.133. The first kappa shape index (κ1) is 12.4. The van der Waals surface area contributed by atoms with Crippen molar-refractivity contribution in [1.29, 1.82) is 0 Å². The second-order valence-electron chi connectivity index (χ2n) is 3.91. The van der Waals surface area contributed by atoms with Crippen LogP contribution in [0.25, 0.3) is 0 Å². The van der Waals surface area contributed by atoms with E-state index < -0.39 is 5.82 Å². The average Bonchev–Trinajstić information content (AvgIpc) is 2.36. The summed E-state index contributed by atoms with van der Waals surface area (Å²) >= 11 is 0. The summed E-state index contributed by atoms with van der Waals surface area (Å²) in [7, 11) is 1.58. The van der Waals surface area contributed by atoms with Crippen molar-refractivity contribution in [3.63, 3.8) is 0 Å². The van der Waals surface area contributed by atoms with Crippen molar-refractivity contribution in [3.8, 4) is 0 Å². The van der Waals surface area contributed by atoms with Crippen LogP contribution in [0.3, 0.4) is 0 Å². The van der Waals surface area contributed by atoms with Gasteiger partial charge in [-0.1, -0.05) is 18.2 Å². The summed E-state index contributed by atoms with van der Waals surface area (Å²) in [6.45, 7) is 1.56. The van der Waals surface area contributed by atoms with Crippen LogP contribution < -0.4 is 5.32 Å². The Morgan fingerprint density at radius 2 is 1.89 bits per heavy atom. The molecule has 0 bridgehead atoms. The van der Waals surface area contributed by atoms with Gasteiger partial charge in [0.15, 0.2) is 11.6 Å². The molecule has 0 aliphatic rings. The summed E-state index contributed by atoms with van der Waals surface area (Å²) in [4.78, 5) is 8.05. The normalized spacial score (nSPS) is 10.4. The lowest BCUT2D eigenvalue weighted by atomic mass is 10.1. The van der Waals surface area contributed by atoms with Crippen LogP contribution in [0.4, 0.5) is 14.6 Å². The Morgan fingerprint density at radius 1 is 1.17 bits per heavy atom. The maximum atomic E-state index is 13.5. The molecule has 1 aromatic carbocycles. The molecule has 94 valence electrons. The zero-order chi connectivity index (χ0) is 13.1. The minimum atomic E-state index is -0.477. The zero-order valence-electron chi connectivity index (χ0n) is 10.2. The molecule has 0 saturated heterocycles. The summed E-state index contributed by atoms with van der Waals surface area (Å²) in [5.41, 5.74) is 0.742. The van der Waals surface area contributed by atoms with Gasteiger partial charge in [-0.3, -0.25) is 0 Å². The molecule has 0 aliphatic carbocycles. The molecular weight excluding hydrogens is 236 g/mol. The van der Waals surface area contributed by atoms with E-state index in [1.807, 2.05) is 0 Å². The van der Waals surface area contributed by atoms with Gasteiger partial charge in [0.25, 0.3) is 0 Å². The van der Waals surface area contributed by atoms with Crippen molar-refractivity contribution in [3.05, 3.63) is 53.0 Å². The number of aryl methyl sites for hydroxylation is 1. The number of halogens is 2. The van der Waals surface area contributed by atoms with Crippen LogP contribution in [0, 0.1) is 18.6 Å². The number of hydrogen-bond donors (Lipinski definition) is 1. The summed E-state index contributed by atoms with van der Waals surface area (Å²) < 4.78 is 27.0. The quantitative estimate of drug-likeness (QED) is 0.908. The Morgan fingerprint density at radius 3 is 2.56 bits per heavy atom. The van der Waals surface area contributed by atoms with Gasteiger partial charge in [-0.25, -0.2) is 18.7 Å². The maximum absolute atomic E-state index is 13.5. The van der Waals surface area contributed by atoms with Gasteiger partial charge in [-0.15, -0.1) is 0 Å². The molecule has 0 aliphatic heterocycles. The summed E-state index contributed by atoms with van der Waals surface area (Å²) in [6, 6.07) is 6.41. The highest BCUT2D eigenvalue weighted by atomic mass is 19.1. The van der Waals surface area contributed by atoms with Gasteiger partial charge in [0.1, 0.15) is 11.6 Å². The van der Waals surface area contributed by atoms with E-state index in [2.05, 4.69) is 15.3 Å². The van der Waals surface area contributed by atoms with Gasteiger partial charge < -0.3 is 5.32 Å². The van der Waals surface area contributed by atoms with Gasteiger partial charge in [-0.2, -0.15) is 0 Å². The summed E-state index contributed by atoms with van der Waals surface area (Å²) in [6.07, 6.45) is 0.239. The number of rotatable bonds is 3. The third-order valence-corrected chi connectivity index (χ3v) is 2.61. The Labute approximate surface area is 104 Å². The van der Waals surface area contributed by atoms with Crippen LogP contribution in [-0.2, 0) is 6.42 Å². The number of aromatic nitrogens is 2. The molecule has 0 amide bonds. The Hall–Kier alpha value is -2.04. The van der Waals surface area contributed by atoms with Gasteiger partial charge in [0.2, 0.25) is 0 Å². The highest BCUT2D eigenvalue weighted by molar-refractivity contribution is 5.38. The van der Waals surface area contributed by atoms with Crippen molar-refractivity contribution in [1.82, 2.24) is 9.97 Å². The van der Waals surface area contributed by atoms with Gasteiger partial charge >= 0.3 is 0 Å². The molecule has 1 heterocycles. The van der Waals surface area contributed by atoms with Crippen LogP contribution in [-0.4, -0.2) is 17.0 Å². The SMILES string of the molecule is CNc1nc(Cc2ccccc2F)nc(C)c1F. The molecule has 18 heavy (non-hydrogen) atoms. The van der Waals surface area contributed by atoms with Gasteiger partial charge in [0.05, 0.1) is 5.69 Å². The van der Waals surface area contributed by atoms with Crippen LogP contribution in [0.2, 0.25) is 0 Å². The third-order valence-electron chi connectivity index (χ3n) is 2.61. The Kier molecular flexibility index (Phi) is 3.50. The highest BCUT2D eigenvalue weighted by Gasteiger charge is 2.11. The van der Waals surface area contributed by atoms with Crippen molar-refractivity contribution in [2.75, 3.05) is 12.4 Å². The molecule has 0 radical (unpaired) electrons. The molecule has 0 atom stereocenters. The first-order valence-electron chi connectivity index (χ1n) is 5.56. The molecule has 2 rings (SSSR count). The number of nitrogens with one attached hydrogen (secondary N) is 1. The van der Waals surface area contributed by atoms with E-state index in [0.29, 0.717) is 11.4 Å². The molecule has 1 aromatic heterocycles. The number of hydrogen-bond acceptors (Lipinski definition) is 3.